The highest BCUT2D eigenvalue weighted by Crippen LogP contribution is 2.27. The molecule has 3 nitrogen and oxygen atoms in total. The number of para-hydroxylation sites is 1. The normalized spacial score (nSPS) is 15.4. The molecule has 1 aliphatic rings. The van der Waals surface area contributed by atoms with Gasteiger partial charge in [0.25, 0.3) is 0 Å². The van der Waals surface area contributed by atoms with Gasteiger partial charge in [0, 0.05) is 25.3 Å². The van der Waals surface area contributed by atoms with Crippen molar-refractivity contribution < 1.29 is 9.90 Å². The van der Waals surface area contributed by atoms with E-state index in [0.29, 0.717) is 6.42 Å². The Hall–Kier alpha value is -1.35. The molecule has 1 N–H and O–H groups in total. The third kappa shape index (κ3) is 3.10. The number of benzene rings is 1. The van der Waals surface area contributed by atoms with Gasteiger partial charge in [0.05, 0.1) is 0 Å². The second-order valence-corrected chi connectivity index (χ2v) is 4.81. The number of aliphatic hydroxyl groups excluding tert-OH is 1. The van der Waals surface area contributed by atoms with Crippen LogP contribution in [0.2, 0.25) is 0 Å². The summed E-state index contributed by atoms with van der Waals surface area (Å²) in [6.07, 6.45) is 5.35. The predicted octanol–water partition coefficient (Wildman–Crippen LogP) is 2.52. The quantitative estimate of drug-likeness (QED) is 0.812. The number of hydrogen-bond acceptors (Lipinski definition) is 2. The minimum atomic E-state index is 0.240. The number of fused-ring (bicyclic) bond motifs is 1. The van der Waals surface area contributed by atoms with Crippen LogP contribution in [0.5, 0.6) is 0 Å². The van der Waals surface area contributed by atoms with Crippen LogP contribution in [-0.4, -0.2) is 24.2 Å². The van der Waals surface area contributed by atoms with Crippen molar-refractivity contribution in [2.24, 2.45) is 0 Å². The molecule has 0 fully saturated rings. The van der Waals surface area contributed by atoms with Gasteiger partial charge in [-0.2, -0.15) is 0 Å². The van der Waals surface area contributed by atoms with E-state index in [0.717, 1.165) is 44.3 Å². The zero-order chi connectivity index (χ0) is 12.8. The lowest BCUT2D eigenvalue weighted by Gasteiger charge is -2.23. The number of unbranched alkanes of at least 4 members (excludes halogenated alkanes) is 2. The summed E-state index contributed by atoms with van der Waals surface area (Å²) in [6, 6.07) is 8.20. The van der Waals surface area contributed by atoms with E-state index in [1.807, 2.05) is 23.1 Å². The van der Waals surface area contributed by atoms with E-state index in [-0.39, 0.29) is 12.5 Å². The molecule has 1 aromatic rings. The van der Waals surface area contributed by atoms with Gasteiger partial charge in [-0.15, -0.1) is 0 Å². The minimum absolute atomic E-state index is 0.240. The first-order valence-corrected chi connectivity index (χ1v) is 6.82. The average molecular weight is 247 g/mol. The van der Waals surface area contributed by atoms with Crippen LogP contribution in [0.15, 0.2) is 24.3 Å². The number of nitrogens with zero attached hydrogens (tertiary/aromatic N) is 1. The van der Waals surface area contributed by atoms with Gasteiger partial charge in [-0.3, -0.25) is 4.79 Å². The lowest BCUT2D eigenvalue weighted by molar-refractivity contribution is -0.118. The number of hydrogen-bond donors (Lipinski definition) is 1. The zero-order valence-corrected chi connectivity index (χ0v) is 10.8. The Morgan fingerprint density at radius 1 is 1.11 bits per heavy atom. The molecule has 1 aliphatic heterocycles. The molecule has 0 radical (unpaired) electrons. The summed E-state index contributed by atoms with van der Waals surface area (Å²) in [5, 5.41) is 8.78. The summed E-state index contributed by atoms with van der Waals surface area (Å²) in [4.78, 5) is 14.0. The number of aryl methyl sites for hydroxylation is 1. The highest BCUT2D eigenvalue weighted by atomic mass is 16.2. The zero-order valence-electron chi connectivity index (χ0n) is 10.8. The van der Waals surface area contributed by atoms with Gasteiger partial charge in [-0.25, -0.2) is 0 Å². The predicted molar refractivity (Wildman–Crippen MR) is 72.7 cm³/mol. The first-order chi connectivity index (χ1) is 8.83. The third-order valence-corrected chi connectivity index (χ3v) is 3.46. The third-order valence-electron chi connectivity index (χ3n) is 3.46. The molecule has 1 aromatic carbocycles. The Morgan fingerprint density at radius 2 is 1.94 bits per heavy atom. The molecular weight excluding hydrogens is 226 g/mol. The van der Waals surface area contributed by atoms with Crippen molar-refractivity contribution in [1.29, 1.82) is 0 Å². The molecule has 0 saturated heterocycles. The van der Waals surface area contributed by atoms with Crippen LogP contribution in [0.1, 0.15) is 37.7 Å². The lowest BCUT2D eigenvalue weighted by Crippen LogP contribution is -2.31. The van der Waals surface area contributed by atoms with Gasteiger partial charge in [0.1, 0.15) is 0 Å². The van der Waals surface area contributed by atoms with Crippen molar-refractivity contribution in [3.8, 4) is 0 Å². The van der Waals surface area contributed by atoms with Crippen LogP contribution in [0.25, 0.3) is 0 Å². The van der Waals surface area contributed by atoms with Crippen LogP contribution < -0.4 is 4.90 Å². The molecule has 1 heterocycles. The second-order valence-electron chi connectivity index (χ2n) is 4.81. The van der Waals surface area contributed by atoms with Gasteiger partial charge >= 0.3 is 0 Å². The molecule has 3 heteroatoms. The summed E-state index contributed by atoms with van der Waals surface area (Å²) in [5.41, 5.74) is 2.37. The van der Waals surface area contributed by atoms with Crippen molar-refractivity contribution in [1.82, 2.24) is 0 Å². The first kappa shape index (κ1) is 13.1. The molecule has 0 bridgehead atoms. The molecular formula is C15H21NO2. The van der Waals surface area contributed by atoms with Crippen LogP contribution in [0.4, 0.5) is 5.69 Å². The summed E-state index contributed by atoms with van der Waals surface area (Å²) in [7, 11) is 0. The Bertz CT molecular complexity index is 403. The number of amides is 1. The fraction of sp³-hybridized carbons (Fsp3) is 0.533. The Balaban J connectivity index is 2.08. The van der Waals surface area contributed by atoms with E-state index in [2.05, 4.69) is 6.07 Å². The molecule has 18 heavy (non-hydrogen) atoms. The highest BCUT2D eigenvalue weighted by Gasteiger charge is 2.20. The Kier molecular flexibility index (Phi) is 4.76. The molecule has 0 atom stereocenters. The maximum atomic E-state index is 12.1. The molecule has 2 rings (SSSR count). The van der Waals surface area contributed by atoms with Crippen molar-refractivity contribution in [3.05, 3.63) is 29.8 Å². The second kappa shape index (κ2) is 6.55. The van der Waals surface area contributed by atoms with Crippen molar-refractivity contribution >= 4 is 11.6 Å². The van der Waals surface area contributed by atoms with Crippen molar-refractivity contribution in [2.75, 3.05) is 18.1 Å². The van der Waals surface area contributed by atoms with Crippen molar-refractivity contribution in [2.45, 2.75) is 38.5 Å². The first-order valence-electron chi connectivity index (χ1n) is 6.82. The average Bonchev–Trinajstić information content (AvgIpc) is 2.54. The number of aliphatic hydroxyl groups is 1. The monoisotopic (exact) mass is 247 g/mol. The largest absolute Gasteiger partial charge is 0.396 e. The van der Waals surface area contributed by atoms with Gasteiger partial charge < -0.3 is 10.0 Å². The molecule has 0 spiro atoms. The molecule has 0 saturated carbocycles. The number of carbonyl (C=O) groups excluding carboxylic acids is 1. The topological polar surface area (TPSA) is 40.5 Å². The summed E-state index contributed by atoms with van der Waals surface area (Å²) in [6.45, 7) is 1.01. The number of rotatable bonds is 5. The molecule has 0 aromatic heterocycles. The Morgan fingerprint density at radius 3 is 2.78 bits per heavy atom. The van der Waals surface area contributed by atoms with E-state index in [1.165, 1.54) is 5.56 Å². The van der Waals surface area contributed by atoms with Crippen molar-refractivity contribution in [3.63, 3.8) is 0 Å². The molecule has 98 valence electrons. The maximum Gasteiger partial charge on any atom is 0.226 e. The van der Waals surface area contributed by atoms with E-state index in [9.17, 15) is 4.79 Å². The highest BCUT2D eigenvalue weighted by molar-refractivity contribution is 5.94. The van der Waals surface area contributed by atoms with Gasteiger partial charge in [0.2, 0.25) is 5.91 Å². The van der Waals surface area contributed by atoms with Crippen LogP contribution in [0, 0.1) is 0 Å². The summed E-state index contributed by atoms with van der Waals surface area (Å²) < 4.78 is 0. The molecule has 0 aliphatic carbocycles. The molecule has 0 unspecified atom stereocenters. The van der Waals surface area contributed by atoms with Gasteiger partial charge in [-0.1, -0.05) is 18.2 Å². The summed E-state index contributed by atoms with van der Waals surface area (Å²) in [5.74, 6) is 0.240. The summed E-state index contributed by atoms with van der Waals surface area (Å²) >= 11 is 0. The fourth-order valence-corrected chi connectivity index (χ4v) is 2.49. The van der Waals surface area contributed by atoms with Crippen LogP contribution in [-0.2, 0) is 11.2 Å². The molecule has 1 amide bonds. The van der Waals surface area contributed by atoms with Crippen LogP contribution >= 0.6 is 0 Å². The Labute approximate surface area is 108 Å². The fourth-order valence-electron chi connectivity index (χ4n) is 2.49. The maximum absolute atomic E-state index is 12.1. The van der Waals surface area contributed by atoms with Gasteiger partial charge in [0.15, 0.2) is 0 Å². The number of anilines is 1. The van der Waals surface area contributed by atoms with Crippen LogP contribution in [0.3, 0.4) is 0 Å². The number of carbonyl (C=O) groups is 1. The van der Waals surface area contributed by atoms with E-state index in [4.69, 9.17) is 5.11 Å². The SMILES string of the molecule is O=C1CCCc2ccccc2N1CCCCCO. The van der Waals surface area contributed by atoms with E-state index >= 15 is 0 Å². The smallest absolute Gasteiger partial charge is 0.226 e. The lowest BCUT2D eigenvalue weighted by atomic mass is 10.1. The minimum Gasteiger partial charge on any atom is -0.396 e. The van der Waals surface area contributed by atoms with Gasteiger partial charge in [-0.05, 0) is 43.7 Å². The van der Waals surface area contributed by atoms with E-state index in [1.54, 1.807) is 0 Å². The van der Waals surface area contributed by atoms with E-state index < -0.39 is 0 Å². The standard InChI is InChI=1S/C15H21NO2/c17-12-5-1-4-11-16-14-9-3-2-7-13(14)8-6-10-15(16)18/h2-3,7,9,17H,1,4-6,8,10-12H2.